The van der Waals surface area contributed by atoms with Crippen LogP contribution in [0, 0.1) is 6.92 Å². The zero-order chi connectivity index (χ0) is 11.4. The summed E-state index contributed by atoms with van der Waals surface area (Å²) in [5.74, 6) is 0.135. The molecule has 0 spiro atoms. The van der Waals surface area contributed by atoms with Crippen molar-refractivity contribution >= 4 is 17.2 Å². The van der Waals surface area contributed by atoms with Crippen molar-refractivity contribution < 1.29 is 4.79 Å². The van der Waals surface area contributed by atoms with Gasteiger partial charge in [0.05, 0.1) is 6.42 Å². The van der Waals surface area contributed by atoms with E-state index in [0.717, 1.165) is 18.0 Å². The monoisotopic (exact) mass is 238 g/mol. The third-order valence-corrected chi connectivity index (χ3v) is 3.84. The van der Waals surface area contributed by atoms with Gasteiger partial charge in [-0.05, 0) is 38.4 Å². The van der Waals surface area contributed by atoms with Crippen LogP contribution in [-0.2, 0) is 11.2 Å². The normalized spacial score (nSPS) is 19.9. The van der Waals surface area contributed by atoms with Gasteiger partial charge in [0, 0.05) is 22.3 Å². The first kappa shape index (κ1) is 11.6. The van der Waals surface area contributed by atoms with E-state index in [4.69, 9.17) is 0 Å². The molecule has 1 unspecified atom stereocenters. The molecule has 0 saturated carbocycles. The predicted octanol–water partition coefficient (Wildman–Crippen LogP) is 1.47. The van der Waals surface area contributed by atoms with E-state index in [1.54, 1.807) is 11.3 Å². The molecule has 1 fully saturated rings. The molecule has 1 aliphatic rings. The van der Waals surface area contributed by atoms with Crippen LogP contribution < -0.4 is 10.6 Å². The molecule has 0 radical (unpaired) electrons. The summed E-state index contributed by atoms with van der Waals surface area (Å²) >= 11 is 1.70. The third kappa shape index (κ3) is 3.32. The number of thiophene rings is 1. The fraction of sp³-hybridized carbons (Fsp3) is 0.583. The first-order chi connectivity index (χ1) is 7.74. The standard InChI is InChI=1S/C12H18N2OS/c1-9-4-5-11(16-9)7-12(15)14-8-10-3-2-6-13-10/h4-5,10,13H,2-3,6-8H2,1H3,(H,14,15). The summed E-state index contributed by atoms with van der Waals surface area (Å²) < 4.78 is 0. The van der Waals surface area contributed by atoms with Crippen molar-refractivity contribution in [2.75, 3.05) is 13.1 Å². The van der Waals surface area contributed by atoms with E-state index in [9.17, 15) is 4.79 Å². The molecule has 88 valence electrons. The molecule has 0 aromatic carbocycles. The van der Waals surface area contributed by atoms with Crippen LogP contribution in [0.3, 0.4) is 0 Å². The minimum absolute atomic E-state index is 0.135. The lowest BCUT2D eigenvalue weighted by atomic mass is 10.2. The van der Waals surface area contributed by atoms with Crippen LogP contribution >= 0.6 is 11.3 Å². The van der Waals surface area contributed by atoms with Crippen molar-refractivity contribution in [3.05, 3.63) is 21.9 Å². The van der Waals surface area contributed by atoms with E-state index < -0.39 is 0 Å². The van der Waals surface area contributed by atoms with Gasteiger partial charge in [0.2, 0.25) is 5.91 Å². The van der Waals surface area contributed by atoms with E-state index in [-0.39, 0.29) is 5.91 Å². The molecule has 16 heavy (non-hydrogen) atoms. The smallest absolute Gasteiger partial charge is 0.225 e. The SMILES string of the molecule is Cc1ccc(CC(=O)NCC2CCCN2)s1. The highest BCUT2D eigenvalue weighted by molar-refractivity contribution is 7.12. The number of rotatable bonds is 4. The number of carbonyl (C=O) groups is 1. The lowest BCUT2D eigenvalue weighted by Crippen LogP contribution is -2.37. The molecule has 2 rings (SSSR count). The number of nitrogens with one attached hydrogen (secondary N) is 2. The number of amides is 1. The zero-order valence-corrected chi connectivity index (χ0v) is 10.4. The molecule has 0 bridgehead atoms. The molecule has 1 atom stereocenters. The lowest BCUT2D eigenvalue weighted by molar-refractivity contribution is -0.120. The summed E-state index contributed by atoms with van der Waals surface area (Å²) in [6, 6.07) is 4.58. The van der Waals surface area contributed by atoms with Gasteiger partial charge in [-0.15, -0.1) is 11.3 Å². The first-order valence-corrected chi connectivity index (χ1v) is 6.61. The van der Waals surface area contributed by atoms with Gasteiger partial charge in [-0.25, -0.2) is 0 Å². The van der Waals surface area contributed by atoms with Gasteiger partial charge in [-0.2, -0.15) is 0 Å². The summed E-state index contributed by atoms with van der Waals surface area (Å²) in [6.07, 6.45) is 2.92. The minimum Gasteiger partial charge on any atom is -0.354 e. The maximum absolute atomic E-state index is 11.6. The highest BCUT2D eigenvalue weighted by atomic mass is 32.1. The predicted molar refractivity (Wildman–Crippen MR) is 66.8 cm³/mol. The van der Waals surface area contributed by atoms with E-state index in [0.29, 0.717) is 12.5 Å². The second-order valence-corrected chi connectivity index (χ2v) is 5.66. The molecular formula is C12H18N2OS. The van der Waals surface area contributed by atoms with Crippen molar-refractivity contribution in [1.82, 2.24) is 10.6 Å². The lowest BCUT2D eigenvalue weighted by Gasteiger charge is -2.10. The van der Waals surface area contributed by atoms with Crippen LogP contribution in [0.5, 0.6) is 0 Å². The van der Waals surface area contributed by atoms with Gasteiger partial charge < -0.3 is 10.6 Å². The Morgan fingerprint density at radius 1 is 1.62 bits per heavy atom. The summed E-state index contributed by atoms with van der Waals surface area (Å²) in [6.45, 7) is 3.92. The van der Waals surface area contributed by atoms with Crippen molar-refractivity contribution in [1.29, 1.82) is 0 Å². The van der Waals surface area contributed by atoms with Gasteiger partial charge in [-0.3, -0.25) is 4.79 Å². The van der Waals surface area contributed by atoms with Gasteiger partial charge in [0.15, 0.2) is 0 Å². The molecule has 1 aromatic heterocycles. The molecule has 1 aromatic rings. The van der Waals surface area contributed by atoms with E-state index in [1.807, 2.05) is 6.07 Å². The summed E-state index contributed by atoms with van der Waals surface area (Å²) in [4.78, 5) is 14.1. The van der Waals surface area contributed by atoms with Crippen LogP contribution in [0.1, 0.15) is 22.6 Å². The van der Waals surface area contributed by atoms with Crippen molar-refractivity contribution in [2.24, 2.45) is 0 Å². The Morgan fingerprint density at radius 3 is 3.12 bits per heavy atom. The number of aryl methyl sites for hydroxylation is 1. The summed E-state index contributed by atoms with van der Waals surface area (Å²) in [5.41, 5.74) is 0. The fourth-order valence-corrected chi connectivity index (χ4v) is 2.86. The molecule has 3 nitrogen and oxygen atoms in total. The van der Waals surface area contributed by atoms with Crippen molar-refractivity contribution in [3.63, 3.8) is 0 Å². The minimum atomic E-state index is 0.135. The van der Waals surface area contributed by atoms with Crippen LogP contribution in [0.25, 0.3) is 0 Å². The van der Waals surface area contributed by atoms with E-state index >= 15 is 0 Å². The Hall–Kier alpha value is -0.870. The Balaban J connectivity index is 1.71. The number of hydrogen-bond acceptors (Lipinski definition) is 3. The fourth-order valence-electron chi connectivity index (χ4n) is 1.97. The average molecular weight is 238 g/mol. The maximum Gasteiger partial charge on any atom is 0.225 e. The van der Waals surface area contributed by atoms with E-state index in [1.165, 1.54) is 17.7 Å². The van der Waals surface area contributed by atoms with Crippen LogP contribution in [0.15, 0.2) is 12.1 Å². The molecule has 0 aliphatic carbocycles. The van der Waals surface area contributed by atoms with E-state index in [2.05, 4.69) is 23.6 Å². The summed E-state index contributed by atoms with van der Waals surface area (Å²) in [5, 5.41) is 6.36. The number of carbonyl (C=O) groups excluding carboxylic acids is 1. The third-order valence-electron chi connectivity index (χ3n) is 2.84. The first-order valence-electron chi connectivity index (χ1n) is 5.79. The maximum atomic E-state index is 11.6. The van der Waals surface area contributed by atoms with Crippen molar-refractivity contribution in [3.8, 4) is 0 Å². The van der Waals surface area contributed by atoms with Crippen LogP contribution in [0.2, 0.25) is 0 Å². The quantitative estimate of drug-likeness (QED) is 0.834. The van der Waals surface area contributed by atoms with Gasteiger partial charge in [-0.1, -0.05) is 0 Å². The Kier molecular flexibility index (Phi) is 3.96. The average Bonchev–Trinajstić information content (AvgIpc) is 2.87. The highest BCUT2D eigenvalue weighted by Gasteiger charge is 2.14. The highest BCUT2D eigenvalue weighted by Crippen LogP contribution is 2.15. The molecule has 1 amide bonds. The van der Waals surface area contributed by atoms with Crippen molar-refractivity contribution in [2.45, 2.75) is 32.2 Å². The van der Waals surface area contributed by atoms with Crippen LogP contribution in [0.4, 0.5) is 0 Å². The zero-order valence-electron chi connectivity index (χ0n) is 9.58. The molecule has 1 aliphatic heterocycles. The Morgan fingerprint density at radius 2 is 2.50 bits per heavy atom. The molecule has 4 heteroatoms. The largest absolute Gasteiger partial charge is 0.354 e. The summed E-state index contributed by atoms with van der Waals surface area (Å²) in [7, 11) is 0. The molecule has 2 heterocycles. The molecule has 2 N–H and O–H groups in total. The Bertz CT molecular complexity index is 356. The number of hydrogen-bond donors (Lipinski definition) is 2. The Labute approximate surface area is 100 Å². The topological polar surface area (TPSA) is 41.1 Å². The van der Waals surface area contributed by atoms with Gasteiger partial charge in [0.25, 0.3) is 0 Å². The molecule has 1 saturated heterocycles. The van der Waals surface area contributed by atoms with Gasteiger partial charge >= 0.3 is 0 Å². The second kappa shape index (κ2) is 5.46. The molecular weight excluding hydrogens is 220 g/mol. The van der Waals surface area contributed by atoms with Crippen LogP contribution in [-0.4, -0.2) is 25.0 Å². The second-order valence-electron chi connectivity index (χ2n) is 4.29. The van der Waals surface area contributed by atoms with Gasteiger partial charge in [0.1, 0.15) is 0 Å².